The van der Waals surface area contributed by atoms with E-state index in [2.05, 4.69) is 10.6 Å². The fourth-order valence-corrected chi connectivity index (χ4v) is 3.18. The second kappa shape index (κ2) is 6.73. The van der Waals surface area contributed by atoms with Gasteiger partial charge in [-0.25, -0.2) is 4.79 Å². The molecule has 4 nitrogen and oxygen atoms in total. The number of allylic oxidation sites excluding steroid dienone is 1. The summed E-state index contributed by atoms with van der Waals surface area (Å²) in [5, 5.41) is 6.17. The van der Waals surface area contributed by atoms with Crippen molar-refractivity contribution in [1.82, 2.24) is 10.6 Å². The summed E-state index contributed by atoms with van der Waals surface area (Å²) in [5.41, 5.74) is 4.65. The molecular weight excluding hydrogens is 336 g/mol. The molecule has 0 aromatic heterocycles. The van der Waals surface area contributed by atoms with Crippen molar-refractivity contribution < 1.29 is 9.59 Å². The molecular formula is C20H19ClN2O2. The number of carbonyl (C=O) groups excluding carboxylic acids is 2. The summed E-state index contributed by atoms with van der Waals surface area (Å²) in [4.78, 5) is 25.1. The van der Waals surface area contributed by atoms with Gasteiger partial charge in [-0.15, -0.1) is 0 Å². The minimum atomic E-state index is -0.489. The molecule has 3 rings (SSSR count). The zero-order valence-corrected chi connectivity index (χ0v) is 15.1. The Balaban J connectivity index is 2.11. The first-order valence-corrected chi connectivity index (χ1v) is 8.40. The topological polar surface area (TPSA) is 58.2 Å². The van der Waals surface area contributed by atoms with Crippen molar-refractivity contribution in [1.29, 1.82) is 0 Å². The normalized spacial score (nSPS) is 17.1. The number of nitrogens with one attached hydrogen (secondary N) is 2. The summed E-state index contributed by atoms with van der Waals surface area (Å²) in [5.74, 6) is -0.132. The zero-order valence-electron chi connectivity index (χ0n) is 14.3. The summed E-state index contributed by atoms with van der Waals surface area (Å²) in [6, 6.07) is 12.0. The van der Waals surface area contributed by atoms with Crippen LogP contribution in [-0.4, -0.2) is 11.8 Å². The van der Waals surface area contributed by atoms with Gasteiger partial charge in [0.05, 0.1) is 6.04 Å². The standard InChI is InChI=1S/C20H19ClN2O2/c1-11-4-5-12(2)16(10-11)18-17(13(3)22-20(25)23-18)19(24)14-6-8-15(21)9-7-14/h4-10,18H,1-3H3,(H2,22,23,25)/t18-/m0/s1. The van der Waals surface area contributed by atoms with Crippen LogP contribution in [0.3, 0.4) is 0 Å². The van der Waals surface area contributed by atoms with E-state index >= 15 is 0 Å². The van der Waals surface area contributed by atoms with Crippen molar-refractivity contribution in [3.8, 4) is 0 Å². The van der Waals surface area contributed by atoms with Crippen molar-refractivity contribution >= 4 is 23.4 Å². The number of hydrogen-bond acceptors (Lipinski definition) is 2. The van der Waals surface area contributed by atoms with Crippen molar-refractivity contribution in [3.63, 3.8) is 0 Å². The van der Waals surface area contributed by atoms with Crippen LogP contribution in [0.4, 0.5) is 4.79 Å². The van der Waals surface area contributed by atoms with Gasteiger partial charge in [-0.1, -0.05) is 35.4 Å². The van der Waals surface area contributed by atoms with Crippen LogP contribution in [0.15, 0.2) is 53.7 Å². The molecule has 1 heterocycles. The molecule has 5 heteroatoms. The van der Waals surface area contributed by atoms with Gasteiger partial charge in [0.2, 0.25) is 0 Å². The number of hydrogen-bond donors (Lipinski definition) is 2. The van der Waals surface area contributed by atoms with Crippen molar-refractivity contribution in [3.05, 3.63) is 81.0 Å². The van der Waals surface area contributed by atoms with E-state index in [1.807, 2.05) is 32.0 Å². The van der Waals surface area contributed by atoms with Crippen LogP contribution >= 0.6 is 11.6 Å². The quantitative estimate of drug-likeness (QED) is 0.799. The zero-order chi connectivity index (χ0) is 18.1. The van der Waals surface area contributed by atoms with Crippen molar-refractivity contribution in [2.45, 2.75) is 26.8 Å². The third-order valence-corrected chi connectivity index (χ3v) is 4.62. The fraction of sp³-hybridized carbons (Fsp3) is 0.200. The van der Waals surface area contributed by atoms with Crippen LogP contribution in [0.2, 0.25) is 5.02 Å². The lowest BCUT2D eigenvalue weighted by Gasteiger charge is -2.30. The van der Waals surface area contributed by atoms with Gasteiger partial charge in [-0.3, -0.25) is 4.79 Å². The number of halogens is 1. The number of ketones is 1. The van der Waals surface area contributed by atoms with E-state index in [0.29, 0.717) is 21.9 Å². The molecule has 2 aromatic rings. The van der Waals surface area contributed by atoms with Crippen LogP contribution in [0.25, 0.3) is 0 Å². The smallest absolute Gasteiger partial charge is 0.319 e. The Kier molecular flexibility index (Phi) is 4.64. The summed E-state index contributed by atoms with van der Waals surface area (Å²) in [6.45, 7) is 5.71. The molecule has 1 aliphatic rings. The monoisotopic (exact) mass is 354 g/mol. The Morgan fingerprint density at radius 2 is 1.72 bits per heavy atom. The molecule has 0 aliphatic carbocycles. The molecule has 0 unspecified atom stereocenters. The largest absolute Gasteiger partial charge is 0.327 e. The third kappa shape index (κ3) is 3.44. The van der Waals surface area contributed by atoms with Crippen LogP contribution in [-0.2, 0) is 0 Å². The third-order valence-electron chi connectivity index (χ3n) is 4.37. The number of aryl methyl sites for hydroxylation is 2. The number of rotatable bonds is 3. The van der Waals surface area contributed by atoms with Crippen LogP contribution in [0.1, 0.15) is 40.0 Å². The van der Waals surface area contributed by atoms with Gasteiger partial charge in [0.1, 0.15) is 0 Å². The summed E-state index contributed by atoms with van der Waals surface area (Å²) >= 11 is 5.92. The molecule has 0 radical (unpaired) electrons. The molecule has 0 saturated heterocycles. The Morgan fingerprint density at radius 3 is 2.40 bits per heavy atom. The average molecular weight is 355 g/mol. The van der Waals surface area contributed by atoms with Gasteiger partial charge in [0, 0.05) is 21.9 Å². The van der Waals surface area contributed by atoms with Crippen LogP contribution in [0, 0.1) is 13.8 Å². The highest BCUT2D eigenvalue weighted by Crippen LogP contribution is 2.32. The van der Waals surface area contributed by atoms with E-state index in [1.165, 1.54) is 0 Å². The van der Waals surface area contributed by atoms with Gasteiger partial charge < -0.3 is 10.6 Å². The maximum atomic E-state index is 13.1. The Labute approximate surface area is 151 Å². The highest BCUT2D eigenvalue weighted by Gasteiger charge is 2.32. The van der Waals surface area contributed by atoms with Crippen LogP contribution < -0.4 is 10.6 Å². The lowest BCUT2D eigenvalue weighted by molar-refractivity contribution is 0.102. The van der Waals surface area contributed by atoms with Crippen molar-refractivity contribution in [2.75, 3.05) is 0 Å². The van der Waals surface area contributed by atoms with E-state index in [4.69, 9.17) is 11.6 Å². The molecule has 2 amide bonds. The maximum Gasteiger partial charge on any atom is 0.319 e. The van der Waals surface area contributed by atoms with Crippen molar-refractivity contribution in [2.24, 2.45) is 0 Å². The SMILES string of the molecule is CC1=C(C(=O)c2ccc(Cl)cc2)[C@H](c2cc(C)ccc2C)NC(=O)N1. The number of Topliss-reactive ketones (excluding diaryl/α,β-unsaturated/α-hetero) is 1. The predicted octanol–water partition coefficient (Wildman–Crippen LogP) is 4.47. The average Bonchev–Trinajstić information content (AvgIpc) is 2.56. The Bertz CT molecular complexity index is 885. The van der Waals surface area contributed by atoms with Gasteiger partial charge in [-0.05, 0) is 56.2 Å². The molecule has 0 fully saturated rings. The van der Waals surface area contributed by atoms with Gasteiger partial charge >= 0.3 is 6.03 Å². The second-order valence-electron chi connectivity index (χ2n) is 6.27. The molecule has 1 atom stereocenters. The Morgan fingerprint density at radius 1 is 1.04 bits per heavy atom. The first-order valence-electron chi connectivity index (χ1n) is 8.02. The highest BCUT2D eigenvalue weighted by molar-refractivity contribution is 6.30. The van der Waals surface area contributed by atoms with E-state index in [9.17, 15) is 9.59 Å². The van der Waals surface area contributed by atoms with Gasteiger partial charge in [0.15, 0.2) is 5.78 Å². The Hall–Kier alpha value is -2.59. The lowest BCUT2D eigenvalue weighted by atomic mass is 9.87. The number of benzene rings is 2. The minimum absolute atomic E-state index is 0.132. The molecule has 2 aromatic carbocycles. The molecule has 2 N–H and O–H groups in total. The molecule has 128 valence electrons. The number of carbonyl (C=O) groups is 2. The molecule has 0 bridgehead atoms. The van der Waals surface area contributed by atoms with E-state index < -0.39 is 6.04 Å². The molecule has 1 aliphatic heterocycles. The van der Waals surface area contributed by atoms with E-state index in [0.717, 1.165) is 16.7 Å². The maximum absolute atomic E-state index is 13.1. The molecule has 0 spiro atoms. The molecule has 0 saturated carbocycles. The van der Waals surface area contributed by atoms with Gasteiger partial charge in [-0.2, -0.15) is 0 Å². The number of urea groups is 1. The second-order valence-corrected chi connectivity index (χ2v) is 6.70. The summed E-state index contributed by atoms with van der Waals surface area (Å²) in [7, 11) is 0. The first-order chi connectivity index (χ1) is 11.9. The summed E-state index contributed by atoms with van der Waals surface area (Å²) < 4.78 is 0. The fourth-order valence-electron chi connectivity index (χ4n) is 3.06. The van der Waals surface area contributed by atoms with Gasteiger partial charge in [0.25, 0.3) is 0 Å². The predicted molar refractivity (Wildman–Crippen MR) is 98.8 cm³/mol. The van der Waals surface area contributed by atoms with E-state index in [-0.39, 0.29) is 11.8 Å². The number of amides is 2. The lowest BCUT2D eigenvalue weighted by Crippen LogP contribution is -2.45. The van der Waals surface area contributed by atoms with E-state index in [1.54, 1.807) is 31.2 Å². The molecule has 25 heavy (non-hydrogen) atoms. The highest BCUT2D eigenvalue weighted by atomic mass is 35.5. The minimum Gasteiger partial charge on any atom is -0.327 e. The first kappa shape index (κ1) is 17.2. The summed E-state index contributed by atoms with van der Waals surface area (Å²) in [6.07, 6.45) is 0. The van der Waals surface area contributed by atoms with Crippen LogP contribution in [0.5, 0.6) is 0 Å².